The molecule has 0 fully saturated rings. The van der Waals surface area contributed by atoms with Crippen LogP contribution in [0.15, 0.2) is 47.9 Å². The Morgan fingerprint density at radius 1 is 0.583 bits per heavy atom. The van der Waals surface area contributed by atoms with Gasteiger partial charge in [-0.15, -0.1) is 0 Å². The molecular formula is C13H2Br10O. The summed E-state index contributed by atoms with van der Waals surface area (Å²) in [4.78, 5) is 0. The van der Waals surface area contributed by atoms with E-state index in [1.807, 2.05) is 12.1 Å². The van der Waals surface area contributed by atoms with Gasteiger partial charge in [0.2, 0.25) is 3.42 Å². The van der Waals surface area contributed by atoms with Gasteiger partial charge in [0.1, 0.15) is 0 Å². The van der Waals surface area contributed by atoms with Gasteiger partial charge in [0, 0.05) is 23.5 Å². The molecule has 11 heteroatoms. The average molecular weight is 973 g/mol. The lowest BCUT2D eigenvalue weighted by atomic mass is 10.2. The van der Waals surface area contributed by atoms with Crippen LogP contribution in [0.25, 0.3) is 0 Å². The SMILES string of the molecule is Brc1ccc(C(Br)(Br)Oc2c(Br)c(Br)c(Br)c(Br)c2Br)c(Br)c1Br. The second-order valence-electron chi connectivity index (χ2n) is 4.24. The van der Waals surface area contributed by atoms with Crippen LogP contribution < -0.4 is 4.74 Å². The summed E-state index contributed by atoms with van der Waals surface area (Å²) in [6, 6.07) is 3.87. The normalized spacial score (nSPS) is 11.8. The average Bonchev–Trinajstić information content (AvgIpc) is 2.52. The summed E-state index contributed by atoms with van der Waals surface area (Å²) in [5.74, 6) is 0.608. The van der Waals surface area contributed by atoms with Gasteiger partial charge < -0.3 is 4.74 Å². The molecule has 0 spiro atoms. The number of alkyl halides is 2. The number of hydrogen-bond acceptors (Lipinski definition) is 1. The van der Waals surface area contributed by atoms with Crippen molar-refractivity contribution in [3.05, 3.63) is 53.5 Å². The first-order valence-electron chi connectivity index (χ1n) is 5.71. The Labute approximate surface area is 223 Å². The van der Waals surface area contributed by atoms with Crippen molar-refractivity contribution in [2.24, 2.45) is 0 Å². The zero-order valence-electron chi connectivity index (χ0n) is 10.8. The number of hydrogen-bond donors (Lipinski definition) is 0. The van der Waals surface area contributed by atoms with E-state index in [9.17, 15) is 0 Å². The maximum absolute atomic E-state index is 6.23. The first kappa shape index (κ1) is 23.3. The second kappa shape index (κ2) is 9.24. The molecule has 0 radical (unpaired) electrons. The molecule has 2 rings (SSSR count). The Morgan fingerprint density at radius 3 is 1.54 bits per heavy atom. The topological polar surface area (TPSA) is 9.23 Å². The van der Waals surface area contributed by atoms with Crippen molar-refractivity contribution >= 4 is 159 Å². The lowest BCUT2D eigenvalue weighted by Gasteiger charge is -2.27. The molecule has 1 nitrogen and oxygen atoms in total. The van der Waals surface area contributed by atoms with Gasteiger partial charge in [-0.05, 0) is 165 Å². The van der Waals surface area contributed by atoms with Gasteiger partial charge in [-0.2, -0.15) is 0 Å². The van der Waals surface area contributed by atoms with E-state index in [1.54, 1.807) is 0 Å². The molecule has 0 saturated heterocycles. The van der Waals surface area contributed by atoms with Crippen LogP contribution in [0.1, 0.15) is 5.56 Å². The van der Waals surface area contributed by atoms with Gasteiger partial charge in [0.15, 0.2) is 5.75 Å². The van der Waals surface area contributed by atoms with Gasteiger partial charge in [0.25, 0.3) is 0 Å². The first-order valence-corrected chi connectivity index (χ1v) is 13.6. The summed E-state index contributed by atoms with van der Waals surface area (Å²) >= 11 is 35.6. The fraction of sp³-hybridized carbons (Fsp3) is 0.0769. The van der Waals surface area contributed by atoms with E-state index >= 15 is 0 Å². The van der Waals surface area contributed by atoms with E-state index in [2.05, 4.69) is 159 Å². The molecule has 0 amide bonds. The molecule has 2 aromatic carbocycles. The minimum atomic E-state index is -0.959. The van der Waals surface area contributed by atoms with Crippen LogP contribution in [0.2, 0.25) is 0 Å². The van der Waals surface area contributed by atoms with Gasteiger partial charge >= 0.3 is 0 Å². The molecule has 0 unspecified atom stereocenters. The van der Waals surface area contributed by atoms with Crippen LogP contribution in [-0.2, 0) is 3.42 Å². The van der Waals surface area contributed by atoms with E-state index in [-0.39, 0.29) is 0 Å². The Kier molecular flexibility index (Phi) is 8.98. The van der Waals surface area contributed by atoms with Crippen LogP contribution in [0.4, 0.5) is 0 Å². The smallest absolute Gasteiger partial charge is 0.244 e. The van der Waals surface area contributed by atoms with Gasteiger partial charge in [-0.3, -0.25) is 0 Å². The molecule has 0 heterocycles. The minimum Gasteiger partial charge on any atom is -0.459 e. The Morgan fingerprint density at radius 2 is 1.04 bits per heavy atom. The van der Waals surface area contributed by atoms with E-state index in [0.29, 0.717) is 5.75 Å². The summed E-state index contributed by atoms with van der Waals surface area (Å²) in [6.45, 7) is 0. The molecular weight excluding hydrogens is 971 g/mol. The van der Waals surface area contributed by atoms with Gasteiger partial charge in [0.05, 0.1) is 17.9 Å². The zero-order chi connectivity index (χ0) is 18.4. The molecule has 24 heavy (non-hydrogen) atoms. The maximum Gasteiger partial charge on any atom is 0.244 e. The lowest BCUT2D eigenvalue weighted by molar-refractivity contribution is 0.270. The highest BCUT2D eigenvalue weighted by molar-refractivity contribution is 9.24. The standard InChI is InChI=1S/C13H2Br10O/c14-4-2-1-3(5(15)6(4)16)13(22,23)24-12-10(20)8(18)7(17)9(19)11(12)21/h1-2H. The lowest BCUT2D eigenvalue weighted by Crippen LogP contribution is -2.19. The van der Waals surface area contributed by atoms with E-state index in [4.69, 9.17) is 4.74 Å². The molecule has 0 aromatic heterocycles. The monoisotopic (exact) mass is 963 g/mol. The maximum atomic E-state index is 6.23. The molecule has 0 atom stereocenters. The largest absolute Gasteiger partial charge is 0.459 e. The van der Waals surface area contributed by atoms with E-state index in [0.717, 1.165) is 41.3 Å². The van der Waals surface area contributed by atoms with Crippen molar-refractivity contribution in [2.75, 3.05) is 0 Å². The van der Waals surface area contributed by atoms with E-state index < -0.39 is 3.42 Å². The predicted octanol–water partition coefficient (Wildman–Crippen LogP) is 10.8. The van der Waals surface area contributed by atoms with Crippen molar-refractivity contribution in [3.63, 3.8) is 0 Å². The molecule has 130 valence electrons. The van der Waals surface area contributed by atoms with Crippen molar-refractivity contribution in [2.45, 2.75) is 3.42 Å². The van der Waals surface area contributed by atoms with E-state index in [1.165, 1.54) is 0 Å². The third-order valence-electron chi connectivity index (χ3n) is 2.75. The zero-order valence-corrected chi connectivity index (χ0v) is 26.7. The molecule has 0 aliphatic heterocycles. The minimum absolute atomic E-state index is 0.608. The summed E-state index contributed by atoms with van der Waals surface area (Å²) < 4.78 is 12.0. The van der Waals surface area contributed by atoms with Gasteiger partial charge in [-0.25, -0.2) is 0 Å². The number of rotatable bonds is 3. The summed E-state index contributed by atoms with van der Waals surface area (Å²) in [5.41, 5.74) is 0.853. The van der Waals surface area contributed by atoms with Crippen molar-refractivity contribution < 1.29 is 4.74 Å². The first-order chi connectivity index (χ1) is 11.0. The fourth-order valence-corrected chi connectivity index (χ4v) is 7.86. The number of benzene rings is 2. The Balaban J connectivity index is 2.57. The predicted molar refractivity (Wildman–Crippen MR) is 135 cm³/mol. The molecule has 0 saturated carbocycles. The fourth-order valence-electron chi connectivity index (χ4n) is 1.61. The highest BCUT2D eigenvalue weighted by atomic mass is 79.9. The van der Waals surface area contributed by atoms with Crippen LogP contribution in [0.5, 0.6) is 5.75 Å². The van der Waals surface area contributed by atoms with Crippen molar-refractivity contribution in [1.29, 1.82) is 0 Å². The summed E-state index contributed by atoms with van der Waals surface area (Å²) in [5, 5.41) is 0. The van der Waals surface area contributed by atoms with Crippen molar-refractivity contribution in [1.82, 2.24) is 0 Å². The summed E-state index contributed by atoms with van der Waals surface area (Å²) in [6.07, 6.45) is 0. The van der Waals surface area contributed by atoms with Crippen LogP contribution in [0.3, 0.4) is 0 Å². The Hall–Kier alpha value is 3.04. The third-order valence-corrected chi connectivity index (χ3v) is 13.3. The Bertz CT molecular complexity index is 788. The van der Waals surface area contributed by atoms with Crippen LogP contribution >= 0.6 is 159 Å². The van der Waals surface area contributed by atoms with Gasteiger partial charge in [-0.1, -0.05) is 6.07 Å². The molecule has 0 N–H and O–H groups in total. The quantitative estimate of drug-likeness (QED) is 0.169. The molecule has 2 aromatic rings. The molecule has 0 aliphatic rings. The highest BCUT2D eigenvalue weighted by Crippen LogP contribution is 2.53. The highest BCUT2D eigenvalue weighted by Gasteiger charge is 2.34. The molecule has 0 aliphatic carbocycles. The second-order valence-corrected chi connectivity index (χ2v) is 13.9. The molecule has 0 bridgehead atoms. The summed E-state index contributed by atoms with van der Waals surface area (Å²) in [7, 11) is 0. The number of ether oxygens (including phenoxy) is 1. The van der Waals surface area contributed by atoms with Crippen LogP contribution in [-0.4, -0.2) is 0 Å². The third kappa shape index (κ3) is 4.78. The van der Waals surface area contributed by atoms with Crippen LogP contribution in [0, 0.1) is 0 Å². The van der Waals surface area contributed by atoms with Crippen molar-refractivity contribution in [3.8, 4) is 5.75 Å². The number of halogens is 10.